The molecule has 0 aromatic heterocycles. The smallest absolute Gasteiger partial charge is 0.257 e. The van der Waals surface area contributed by atoms with Gasteiger partial charge >= 0.3 is 0 Å². The van der Waals surface area contributed by atoms with Crippen LogP contribution in [-0.4, -0.2) is 51.6 Å². The van der Waals surface area contributed by atoms with Crippen molar-refractivity contribution < 1.29 is 18.0 Å². The molecule has 0 saturated carbocycles. The predicted molar refractivity (Wildman–Crippen MR) is 113 cm³/mol. The van der Waals surface area contributed by atoms with Crippen LogP contribution in [0.1, 0.15) is 40.5 Å². The number of nitrogens with one attached hydrogen (secondary N) is 1. The van der Waals surface area contributed by atoms with Crippen LogP contribution in [0, 0.1) is 0 Å². The minimum Gasteiger partial charge on any atom is -0.371 e. The van der Waals surface area contributed by atoms with Gasteiger partial charge in [0.2, 0.25) is 10.0 Å². The molecule has 1 N–H and O–H groups in total. The highest BCUT2D eigenvalue weighted by atomic mass is 32.2. The molecule has 0 spiro atoms. The number of carbonyl (C=O) groups excluding carboxylic acids is 2. The van der Waals surface area contributed by atoms with Crippen LogP contribution >= 0.6 is 0 Å². The van der Waals surface area contributed by atoms with Crippen molar-refractivity contribution >= 4 is 33.1 Å². The average molecular weight is 416 g/mol. The van der Waals surface area contributed by atoms with Crippen molar-refractivity contribution in [3.05, 3.63) is 53.6 Å². The van der Waals surface area contributed by atoms with Crippen LogP contribution in [0.3, 0.4) is 0 Å². The predicted octanol–water partition coefficient (Wildman–Crippen LogP) is 2.99. The summed E-state index contributed by atoms with van der Waals surface area (Å²) in [5.41, 5.74) is 1.77. The number of para-hydroxylation sites is 1. The van der Waals surface area contributed by atoms with E-state index in [9.17, 15) is 18.0 Å². The van der Waals surface area contributed by atoms with Gasteiger partial charge in [-0.1, -0.05) is 12.1 Å². The molecule has 2 aromatic carbocycles. The zero-order valence-corrected chi connectivity index (χ0v) is 17.6. The normalized spacial score (nSPS) is 14.3. The number of benzene rings is 2. The molecule has 154 valence electrons. The number of Topliss-reactive ketones (excluding diaryl/α,β-unsaturated/α-hetero) is 1. The van der Waals surface area contributed by atoms with Crippen molar-refractivity contribution in [3.63, 3.8) is 0 Å². The first-order valence-corrected chi connectivity index (χ1v) is 10.9. The molecule has 1 saturated heterocycles. The monoisotopic (exact) mass is 415 g/mol. The Kier molecular flexibility index (Phi) is 6.04. The number of sulfonamides is 1. The van der Waals surface area contributed by atoms with Crippen molar-refractivity contribution in [2.24, 2.45) is 0 Å². The SMILES string of the molecule is CC(=O)c1ccccc1NC(=O)c1cc(S(=O)(=O)N(C)C)ccc1N1CCCC1. The van der Waals surface area contributed by atoms with E-state index in [1.54, 1.807) is 30.3 Å². The number of amides is 1. The van der Waals surface area contributed by atoms with Gasteiger partial charge in [-0.3, -0.25) is 9.59 Å². The lowest BCUT2D eigenvalue weighted by atomic mass is 10.1. The van der Waals surface area contributed by atoms with E-state index >= 15 is 0 Å². The van der Waals surface area contributed by atoms with Crippen LogP contribution in [0.4, 0.5) is 11.4 Å². The Bertz CT molecular complexity index is 1040. The summed E-state index contributed by atoms with van der Waals surface area (Å²) in [6.45, 7) is 3.05. The number of nitrogens with zero attached hydrogens (tertiary/aromatic N) is 2. The Morgan fingerprint density at radius 1 is 1.00 bits per heavy atom. The minimum atomic E-state index is -3.69. The highest BCUT2D eigenvalue weighted by molar-refractivity contribution is 7.89. The van der Waals surface area contributed by atoms with E-state index in [0.717, 1.165) is 30.2 Å². The summed E-state index contributed by atoms with van der Waals surface area (Å²) in [5, 5.41) is 2.79. The second kappa shape index (κ2) is 8.34. The number of carbonyl (C=O) groups is 2. The zero-order chi connectivity index (χ0) is 21.2. The van der Waals surface area contributed by atoms with Gasteiger partial charge in [0.1, 0.15) is 0 Å². The van der Waals surface area contributed by atoms with Crippen LogP contribution < -0.4 is 10.2 Å². The largest absolute Gasteiger partial charge is 0.371 e. The standard InChI is InChI=1S/C21H25N3O4S/c1-15(25)17-8-4-5-9-19(17)22-21(26)18-14-16(29(27,28)23(2)3)10-11-20(18)24-12-6-7-13-24/h4-5,8-11,14H,6-7,12-13H2,1-3H3,(H,22,26). The van der Waals surface area contributed by atoms with Crippen LogP contribution in [-0.2, 0) is 10.0 Å². The molecule has 1 amide bonds. The lowest BCUT2D eigenvalue weighted by Gasteiger charge is -2.22. The summed E-state index contributed by atoms with van der Waals surface area (Å²) >= 11 is 0. The first-order valence-electron chi connectivity index (χ1n) is 9.44. The summed E-state index contributed by atoms with van der Waals surface area (Å²) in [4.78, 5) is 27.2. The summed E-state index contributed by atoms with van der Waals surface area (Å²) in [6, 6.07) is 11.4. The third-order valence-electron chi connectivity index (χ3n) is 4.99. The minimum absolute atomic E-state index is 0.0513. The van der Waals surface area contributed by atoms with Gasteiger partial charge in [-0.15, -0.1) is 0 Å². The molecule has 29 heavy (non-hydrogen) atoms. The number of ketones is 1. The van der Waals surface area contributed by atoms with Crippen LogP contribution in [0.5, 0.6) is 0 Å². The first kappa shape index (κ1) is 21.0. The molecule has 0 radical (unpaired) electrons. The summed E-state index contributed by atoms with van der Waals surface area (Å²) < 4.78 is 26.3. The Morgan fingerprint density at radius 3 is 2.28 bits per heavy atom. The van der Waals surface area contributed by atoms with E-state index in [1.807, 2.05) is 0 Å². The maximum absolute atomic E-state index is 13.2. The van der Waals surface area contributed by atoms with Crippen molar-refractivity contribution in [1.29, 1.82) is 0 Å². The zero-order valence-electron chi connectivity index (χ0n) is 16.8. The molecule has 1 heterocycles. The fourth-order valence-corrected chi connectivity index (χ4v) is 4.32. The Labute approximate surface area is 171 Å². The highest BCUT2D eigenvalue weighted by Gasteiger charge is 2.25. The molecule has 0 unspecified atom stereocenters. The van der Waals surface area contributed by atoms with Crippen molar-refractivity contribution in [2.45, 2.75) is 24.7 Å². The maximum atomic E-state index is 13.2. The lowest BCUT2D eigenvalue weighted by molar-refractivity contribution is 0.101. The highest BCUT2D eigenvalue weighted by Crippen LogP contribution is 2.29. The Balaban J connectivity index is 2.05. The van der Waals surface area contributed by atoms with Gasteiger partial charge in [-0.2, -0.15) is 0 Å². The molecule has 2 aromatic rings. The van der Waals surface area contributed by atoms with Gasteiger partial charge in [0.15, 0.2) is 5.78 Å². The number of anilines is 2. The molecular formula is C21H25N3O4S. The summed E-state index contributed by atoms with van der Waals surface area (Å²) in [5.74, 6) is -0.610. The molecule has 0 atom stereocenters. The van der Waals surface area contributed by atoms with Gasteiger partial charge in [0.05, 0.1) is 16.1 Å². The van der Waals surface area contributed by atoms with Gasteiger partial charge in [-0.25, -0.2) is 12.7 Å². The van der Waals surface area contributed by atoms with Crippen LogP contribution in [0.15, 0.2) is 47.4 Å². The molecule has 3 rings (SSSR count). The van der Waals surface area contributed by atoms with Crippen LogP contribution in [0.25, 0.3) is 0 Å². The number of hydrogen-bond donors (Lipinski definition) is 1. The molecule has 1 aliphatic rings. The van der Waals surface area contributed by atoms with Gasteiger partial charge in [0.25, 0.3) is 5.91 Å². The topological polar surface area (TPSA) is 86.8 Å². The van der Waals surface area contributed by atoms with Gasteiger partial charge in [0, 0.05) is 38.4 Å². The molecule has 0 aliphatic carbocycles. The number of rotatable bonds is 6. The van der Waals surface area contributed by atoms with E-state index in [1.165, 1.54) is 33.2 Å². The number of hydrogen-bond acceptors (Lipinski definition) is 5. The van der Waals surface area contributed by atoms with E-state index in [0.29, 0.717) is 16.9 Å². The van der Waals surface area contributed by atoms with Crippen molar-refractivity contribution in [1.82, 2.24) is 4.31 Å². The molecule has 8 heteroatoms. The maximum Gasteiger partial charge on any atom is 0.257 e. The Morgan fingerprint density at radius 2 is 1.66 bits per heavy atom. The molecule has 1 aliphatic heterocycles. The third-order valence-corrected chi connectivity index (χ3v) is 6.80. The lowest BCUT2D eigenvalue weighted by Crippen LogP contribution is -2.26. The molecule has 1 fully saturated rings. The molecule has 0 bridgehead atoms. The second-order valence-electron chi connectivity index (χ2n) is 7.22. The van der Waals surface area contributed by atoms with E-state index in [-0.39, 0.29) is 16.2 Å². The molecule has 7 nitrogen and oxygen atoms in total. The fraction of sp³-hybridized carbons (Fsp3) is 0.333. The van der Waals surface area contributed by atoms with Gasteiger partial charge < -0.3 is 10.2 Å². The average Bonchev–Trinajstić information content (AvgIpc) is 3.22. The summed E-state index contributed by atoms with van der Waals surface area (Å²) in [6.07, 6.45) is 2.04. The summed E-state index contributed by atoms with van der Waals surface area (Å²) in [7, 11) is -0.785. The van der Waals surface area contributed by atoms with Crippen molar-refractivity contribution in [2.75, 3.05) is 37.4 Å². The van der Waals surface area contributed by atoms with E-state index in [4.69, 9.17) is 0 Å². The first-order chi connectivity index (χ1) is 13.7. The quantitative estimate of drug-likeness (QED) is 0.733. The van der Waals surface area contributed by atoms with Crippen LogP contribution in [0.2, 0.25) is 0 Å². The molecular weight excluding hydrogens is 390 g/mol. The van der Waals surface area contributed by atoms with Crippen molar-refractivity contribution in [3.8, 4) is 0 Å². The fourth-order valence-electron chi connectivity index (χ4n) is 3.39. The Hall–Kier alpha value is -2.71. The van der Waals surface area contributed by atoms with E-state index < -0.39 is 15.9 Å². The second-order valence-corrected chi connectivity index (χ2v) is 9.37. The third kappa shape index (κ3) is 4.33. The van der Waals surface area contributed by atoms with E-state index in [2.05, 4.69) is 10.2 Å². The van der Waals surface area contributed by atoms with Gasteiger partial charge in [-0.05, 0) is 50.1 Å².